The minimum Gasteiger partial charge on any atom is -0.493 e. The number of nitrogens with one attached hydrogen (secondary N) is 2. The lowest BCUT2D eigenvalue weighted by Crippen LogP contribution is -2.38. The number of oxime groups is 1. The van der Waals surface area contributed by atoms with Crippen molar-refractivity contribution in [3.8, 4) is 40.2 Å². The third kappa shape index (κ3) is 7.54. The molecule has 12 nitrogen and oxygen atoms in total. The molecule has 12 heteroatoms. The summed E-state index contributed by atoms with van der Waals surface area (Å²) in [6.07, 6.45) is 1.46. The largest absolute Gasteiger partial charge is 0.493 e. The van der Waals surface area contributed by atoms with Gasteiger partial charge in [0.25, 0.3) is 5.91 Å². The SMILES string of the molecule is CCCCC(Oc1ccc(C2NC(=O)c3ccccc3N2)cc1OC)Oc1cc(C2CC(c3cc(OC)c(OC)c(OC)c3)=NO2)ccc1OC. The van der Waals surface area contributed by atoms with Crippen molar-refractivity contribution in [3.63, 3.8) is 0 Å². The van der Waals surface area contributed by atoms with E-state index in [0.29, 0.717) is 58.7 Å². The summed E-state index contributed by atoms with van der Waals surface area (Å²) in [5.74, 6) is 3.48. The van der Waals surface area contributed by atoms with Crippen LogP contribution in [0.15, 0.2) is 78.0 Å². The molecule has 0 saturated carbocycles. The highest BCUT2D eigenvalue weighted by molar-refractivity contribution is 6.02. The number of carbonyl (C=O) groups excluding carboxylic acids is 1. The van der Waals surface area contributed by atoms with E-state index in [2.05, 4.69) is 22.7 Å². The molecule has 4 aromatic carbocycles. The molecule has 0 fully saturated rings. The van der Waals surface area contributed by atoms with E-state index in [0.717, 1.165) is 40.9 Å². The molecule has 4 aromatic rings. The van der Waals surface area contributed by atoms with Gasteiger partial charge in [0.05, 0.1) is 46.8 Å². The molecule has 2 aliphatic heterocycles. The zero-order valence-electron chi connectivity index (χ0n) is 29.6. The summed E-state index contributed by atoms with van der Waals surface area (Å²) in [5, 5.41) is 10.8. The fourth-order valence-corrected chi connectivity index (χ4v) is 6.09. The first-order valence-corrected chi connectivity index (χ1v) is 16.8. The molecule has 6 rings (SSSR count). The Balaban J connectivity index is 1.20. The molecule has 0 bridgehead atoms. The number of nitrogens with zero attached hydrogens (tertiary/aromatic N) is 1. The number of methoxy groups -OCH3 is 5. The Labute approximate surface area is 297 Å². The van der Waals surface area contributed by atoms with Crippen LogP contribution >= 0.6 is 0 Å². The van der Waals surface area contributed by atoms with Gasteiger partial charge in [-0.1, -0.05) is 42.8 Å². The summed E-state index contributed by atoms with van der Waals surface area (Å²) < 4.78 is 41.0. The van der Waals surface area contributed by atoms with Crippen molar-refractivity contribution < 1.29 is 42.8 Å². The van der Waals surface area contributed by atoms with Gasteiger partial charge in [-0.05, 0) is 66.1 Å². The average Bonchev–Trinajstić information content (AvgIpc) is 3.67. The maximum absolute atomic E-state index is 12.8. The fraction of sp³-hybridized carbons (Fsp3) is 0.333. The van der Waals surface area contributed by atoms with Crippen molar-refractivity contribution in [3.05, 3.63) is 95.1 Å². The van der Waals surface area contributed by atoms with E-state index >= 15 is 0 Å². The fourth-order valence-electron chi connectivity index (χ4n) is 6.09. The highest BCUT2D eigenvalue weighted by atomic mass is 16.7. The summed E-state index contributed by atoms with van der Waals surface area (Å²) in [4.78, 5) is 18.7. The molecule has 1 amide bonds. The van der Waals surface area contributed by atoms with Crippen molar-refractivity contribution in [1.29, 1.82) is 0 Å². The van der Waals surface area contributed by atoms with Gasteiger partial charge in [0.1, 0.15) is 6.17 Å². The maximum atomic E-state index is 12.8. The van der Waals surface area contributed by atoms with Gasteiger partial charge >= 0.3 is 0 Å². The Kier molecular flexibility index (Phi) is 10.9. The molecule has 0 saturated heterocycles. The van der Waals surface area contributed by atoms with E-state index in [4.69, 9.17) is 38.0 Å². The van der Waals surface area contributed by atoms with Crippen molar-refractivity contribution in [2.45, 2.75) is 51.2 Å². The highest BCUT2D eigenvalue weighted by Crippen LogP contribution is 2.42. The predicted molar refractivity (Wildman–Crippen MR) is 192 cm³/mol. The number of unbranched alkanes of at least 4 members (excludes halogenated alkanes) is 1. The Bertz CT molecular complexity index is 1870. The predicted octanol–water partition coefficient (Wildman–Crippen LogP) is 7.42. The van der Waals surface area contributed by atoms with Gasteiger partial charge in [-0.2, -0.15) is 0 Å². The topological polar surface area (TPSA) is 127 Å². The quantitative estimate of drug-likeness (QED) is 0.121. The van der Waals surface area contributed by atoms with E-state index in [-0.39, 0.29) is 12.0 Å². The number of hydrogen-bond donors (Lipinski definition) is 2. The van der Waals surface area contributed by atoms with E-state index in [9.17, 15) is 4.79 Å². The summed E-state index contributed by atoms with van der Waals surface area (Å²) in [6.45, 7) is 2.11. The third-order valence-corrected chi connectivity index (χ3v) is 8.80. The minimum atomic E-state index is -0.663. The van der Waals surface area contributed by atoms with E-state index in [1.165, 1.54) is 0 Å². The number of rotatable bonds is 15. The van der Waals surface area contributed by atoms with Crippen molar-refractivity contribution in [2.75, 3.05) is 40.9 Å². The second-order valence-electron chi connectivity index (χ2n) is 12.0. The van der Waals surface area contributed by atoms with Crippen LogP contribution in [0.5, 0.6) is 40.2 Å². The molecule has 0 radical (unpaired) electrons. The molecule has 0 spiro atoms. The maximum Gasteiger partial charge on any atom is 0.255 e. The van der Waals surface area contributed by atoms with Crippen molar-refractivity contribution in [2.24, 2.45) is 5.16 Å². The van der Waals surface area contributed by atoms with Crippen LogP contribution in [0.25, 0.3) is 0 Å². The molecular formula is C39H43N3O9. The van der Waals surface area contributed by atoms with Crippen molar-refractivity contribution in [1.82, 2.24) is 5.32 Å². The van der Waals surface area contributed by atoms with E-state index < -0.39 is 12.5 Å². The Hall–Kier alpha value is -5.78. The molecule has 0 aliphatic carbocycles. The number of hydrogen-bond acceptors (Lipinski definition) is 11. The Morgan fingerprint density at radius 3 is 2.12 bits per heavy atom. The van der Waals surface area contributed by atoms with Crippen LogP contribution in [0.4, 0.5) is 5.69 Å². The lowest BCUT2D eigenvalue weighted by molar-refractivity contribution is -0.00582. The van der Waals surface area contributed by atoms with E-state index in [1.807, 2.05) is 66.7 Å². The highest BCUT2D eigenvalue weighted by Gasteiger charge is 2.29. The number of amides is 1. The van der Waals surface area contributed by atoms with Gasteiger partial charge in [-0.15, -0.1) is 0 Å². The monoisotopic (exact) mass is 697 g/mol. The van der Waals surface area contributed by atoms with Gasteiger partial charge in [-0.25, -0.2) is 0 Å². The van der Waals surface area contributed by atoms with Crippen molar-refractivity contribution >= 4 is 17.3 Å². The van der Waals surface area contributed by atoms with Gasteiger partial charge in [0, 0.05) is 24.1 Å². The summed E-state index contributed by atoms with van der Waals surface area (Å²) in [6, 6.07) is 22.4. The lowest BCUT2D eigenvalue weighted by atomic mass is 9.99. The molecule has 2 N–H and O–H groups in total. The molecule has 3 atom stereocenters. The second kappa shape index (κ2) is 15.8. The molecule has 2 aliphatic rings. The smallest absolute Gasteiger partial charge is 0.255 e. The first-order chi connectivity index (χ1) is 24.9. The van der Waals surface area contributed by atoms with Gasteiger partial charge in [0.2, 0.25) is 12.0 Å². The molecule has 51 heavy (non-hydrogen) atoms. The second-order valence-corrected chi connectivity index (χ2v) is 12.0. The third-order valence-electron chi connectivity index (χ3n) is 8.80. The molecule has 2 heterocycles. The van der Waals surface area contributed by atoms with Gasteiger partial charge in [0.15, 0.2) is 40.6 Å². The summed E-state index contributed by atoms with van der Waals surface area (Å²) in [5.41, 5.74) is 4.58. The average molecular weight is 698 g/mol. The van der Waals surface area contributed by atoms with E-state index in [1.54, 1.807) is 41.6 Å². The van der Waals surface area contributed by atoms with Crippen LogP contribution in [0.3, 0.4) is 0 Å². The van der Waals surface area contributed by atoms with Crippen LogP contribution in [0.1, 0.15) is 71.9 Å². The normalized spacial score (nSPS) is 16.7. The summed E-state index contributed by atoms with van der Waals surface area (Å²) >= 11 is 0. The standard InChI is InChI=1S/C39H43N3O9/c1-7-8-13-36(49-30-17-15-24(19-32(30)45-3)38-40-27-12-10-9-11-26(27)39(43)41-38)50-33-18-23(14-16-29(33)44-2)31-22-28(42-51-31)25-20-34(46-4)37(48-6)35(21-25)47-5/h9-12,14-21,31,36,38,40H,7-8,13,22H2,1-6H3,(H,41,43). The summed E-state index contributed by atoms with van der Waals surface area (Å²) in [7, 11) is 7.90. The zero-order valence-corrected chi connectivity index (χ0v) is 29.6. The zero-order chi connectivity index (χ0) is 35.9. The van der Waals surface area contributed by atoms with Crippen LogP contribution in [-0.4, -0.2) is 53.5 Å². The first-order valence-electron chi connectivity index (χ1n) is 16.8. The first kappa shape index (κ1) is 35.1. The Morgan fingerprint density at radius 2 is 1.41 bits per heavy atom. The van der Waals surface area contributed by atoms with Crippen LogP contribution in [-0.2, 0) is 4.84 Å². The Morgan fingerprint density at radius 1 is 0.745 bits per heavy atom. The molecule has 0 aromatic heterocycles. The molecule has 268 valence electrons. The van der Waals surface area contributed by atoms with Crippen LogP contribution < -0.4 is 43.8 Å². The number of carbonyl (C=O) groups is 1. The minimum absolute atomic E-state index is 0.148. The number of anilines is 1. The number of benzene rings is 4. The molecular weight excluding hydrogens is 654 g/mol. The lowest BCUT2D eigenvalue weighted by Gasteiger charge is -2.29. The van der Waals surface area contributed by atoms with Crippen LogP contribution in [0, 0.1) is 0 Å². The molecule has 3 unspecified atom stereocenters. The number of para-hydroxylation sites is 1. The van der Waals surface area contributed by atoms with Gasteiger partial charge < -0.3 is 48.6 Å². The van der Waals surface area contributed by atoms with Gasteiger partial charge in [-0.3, -0.25) is 4.79 Å². The number of fused-ring (bicyclic) bond motifs is 1. The van der Waals surface area contributed by atoms with Crippen LogP contribution in [0.2, 0.25) is 0 Å². The number of ether oxygens (including phenoxy) is 7.